The Kier molecular flexibility index (Phi) is 6.69. The highest BCUT2D eigenvalue weighted by atomic mass is 16.5. The molecule has 0 atom stereocenters. The Hall–Kier alpha value is -2.82. The lowest BCUT2D eigenvalue weighted by Gasteiger charge is -2.14. The summed E-state index contributed by atoms with van der Waals surface area (Å²) < 4.78 is 10.8. The Bertz CT molecular complexity index is 840. The zero-order chi connectivity index (χ0) is 19.9. The van der Waals surface area contributed by atoms with Gasteiger partial charge in [-0.05, 0) is 74.4 Å². The van der Waals surface area contributed by atoms with Crippen molar-refractivity contribution in [2.24, 2.45) is 0 Å². The molecule has 1 aliphatic rings. The largest absolute Gasteiger partial charge is 0.490 e. The van der Waals surface area contributed by atoms with E-state index in [0.29, 0.717) is 30.2 Å². The van der Waals surface area contributed by atoms with Crippen LogP contribution in [0.2, 0.25) is 0 Å². The van der Waals surface area contributed by atoms with Gasteiger partial charge in [0.15, 0.2) is 0 Å². The number of methoxy groups -OCH3 is 1. The fourth-order valence-corrected chi connectivity index (χ4v) is 3.45. The van der Waals surface area contributed by atoms with Crippen molar-refractivity contribution in [1.29, 1.82) is 0 Å². The predicted octanol–water partition coefficient (Wildman–Crippen LogP) is 4.67. The number of ether oxygens (including phenoxy) is 2. The van der Waals surface area contributed by atoms with Crippen LogP contribution in [0.1, 0.15) is 53.6 Å². The van der Waals surface area contributed by atoms with E-state index in [0.717, 1.165) is 29.7 Å². The quantitative estimate of drug-likeness (QED) is 0.708. The first kappa shape index (κ1) is 19.9. The third-order valence-corrected chi connectivity index (χ3v) is 5.08. The number of aryl methyl sites for hydroxylation is 2. The molecule has 0 heterocycles. The SMILES string of the molecule is COC(=O)c1ccc(C)c(NC(=O)CCc2cccc(OC3CCCC3)c2)c1. The number of benzene rings is 2. The van der Waals surface area contributed by atoms with Gasteiger partial charge in [0.1, 0.15) is 5.75 Å². The molecular formula is C23H27NO4. The molecule has 28 heavy (non-hydrogen) atoms. The summed E-state index contributed by atoms with van der Waals surface area (Å²) in [6.45, 7) is 1.89. The Morgan fingerprint density at radius 3 is 2.64 bits per heavy atom. The van der Waals surface area contributed by atoms with E-state index in [9.17, 15) is 9.59 Å². The van der Waals surface area contributed by atoms with Gasteiger partial charge in [0.2, 0.25) is 5.91 Å². The maximum Gasteiger partial charge on any atom is 0.337 e. The van der Waals surface area contributed by atoms with Gasteiger partial charge < -0.3 is 14.8 Å². The minimum absolute atomic E-state index is 0.0905. The zero-order valence-corrected chi connectivity index (χ0v) is 16.5. The molecule has 0 bridgehead atoms. The van der Waals surface area contributed by atoms with E-state index in [1.54, 1.807) is 18.2 Å². The Morgan fingerprint density at radius 1 is 1.11 bits per heavy atom. The van der Waals surface area contributed by atoms with Crippen LogP contribution in [0.5, 0.6) is 5.75 Å². The van der Waals surface area contributed by atoms with Crippen LogP contribution < -0.4 is 10.1 Å². The molecule has 1 amide bonds. The molecule has 0 unspecified atom stereocenters. The van der Waals surface area contributed by atoms with Gasteiger partial charge in [-0.1, -0.05) is 18.2 Å². The number of amides is 1. The first-order valence-corrected chi connectivity index (χ1v) is 9.79. The number of hydrogen-bond donors (Lipinski definition) is 1. The number of anilines is 1. The van der Waals surface area contributed by atoms with Gasteiger partial charge in [-0.2, -0.15) is 0 Å². The number of esters is 1. The zero-order valence-electron chi connectivity index (χ0n) is 16.5. The summed E-state index contributed by atoms with van der Waals surface area (Å²) in [5.74, 6) is 0.369. The standard InChI is InChI=1S/C23H27NO4/c1-16-10-12-18(23(26)27-2)15-21(16)24-22(25)13-11-17-6-5-9-20(14-17)28-19-7-3-4-8-19/h5-6,9-10,12,14-15,19H,3-4,7-8,11,13H2,1-2H3,(H,24,25). The molecule has 0 radical (unpaired) electrons. The molecule has 2 aromatic rings. The van der Waals surface area contributed by atoms with Crippen LogP contribution in [0.15, 0.2) is 42.5 Å². The van der Waals surface area contributed by atoms with Gasteiger partial charge in [-0.25, -0.2) is 4.79 Å². The van der Waals surface area contributed by atoms with Gasteiger partial charge in [0.05, 0.1) is 18.8 Å². The second kappa shape index (κ2) is 9.40. The molecule has 0 saturated heterocycles. The van der Waals surface area contributed by atoms with Crippen LogP contribution in [0.3, 0.4) is 0 Å². The lowest BCUT2D eigenvalue weighted by molar-refractivity contribution is -0.116. The summed E-state index contributed by atoms with van der Waals surface area (Å²) >= 11 is 0. The van der Waals surface area contributed by atoms with Gasteiger partial charge in [0.25, 0.3) is 0 Å². The lowest BCUT2D eigenvalue weighted by atomic mass is 10.1. The predicted molar refractivity (Wildman–Crippen MR) is 109 cm³/mol. The number of rotatable bonds is 7. The van der Waals surface area contributed by atoms with E-state index in [1.165, 1.54) is 20.0 Å². The van der Waals surface area contributed by atoms with E-state index in [2.05, 4.69) is 5.32 Å². The second-order valence-electron chi connectivity index (χ2n) is 7.24. The molecular weight excluding hydrogens is 354 g/mol. The van der Waals surface area contributed by atoms with Gasteiger partial charge in [-0.3, -0.25) is 4.79 Å². The van der Waals surface area contributed by atoms with E-state index in [-0.39, 0.29) is 5.91 Å². The molecule has 5 heteroatoms. The number of carbonyl (C=O) groups is 2. The summed E-state index contributed by atoms with van der Waals surface area (Å²) in [7, 11) is 1.34. The van der Waals surface area contributed by atoms with Gasteiger partial charge in [0, 0.05) is 12.1 Å². The maximum atomic E-state index is 12.4. The Labute approximate surface area is 166 Å². The number of nitrogens with one attached hydrogen (secondary N) is 1. The molecule has 2 aromatic carbocycles. The molecule has 0 spiro atoms. The van der Waals surface area contributed by atoms with Crippen LogP contribution in [0.4, 0.5) is 5.69 Å². The minimum Gasteiger partial charge on any atom is -0.490 e. The average molecular weight is 381 g/mol. The summed E-state index contributed by atoms with van der Waals surface area (Å²) in [6, 6.07) is 13.1. The van der Waals surface area contributed by atoms with Crippen molar-refractivity contribution in [2.45, 2.75) is 51.6 Å². The topological polar surface area (TPSA) is 64.6 Å². The van der Waals surface area contributed by atoms with E-state index in [4.69, 9.17) is 9.47 Å². The van der Waals surface area contributed by atoms with Crippen LogP contribution in [0, 0.1) is 6.92 Å². The van der Waals surface area contributed by atoms with E-state index < -0.39 is 5.97 Å². The maximum absolute atomic E-state index is 12.4. The molecule has 148 valence electrons. The van der Waals surface area contributed by atoms with Crippen molar-refractivity contribution in [3.8, 4) is 5.75 Å². The monoisotopic (exact) mass is 381 g/mol. The lowest BCUT2D eigenvalue weighted by Crippen LogP contribution is -2.14. The molecule has 0 aliphatic heterocycles. The van der Waals surface area contributed by atoms with Crippen LogP contribution in [-0.4, -0.2) is 25.1 Å². The van der Waals surface area contributed by atoms with Gasteiger partial charge in [-0.15, -0.1) is 0 Å². The van der Waals surface area contributed by atoms with E-state index >= 15 is 0 Å². The highest BCUT2D eigenvalue weighted by molar-refractivity contribution is 5.95. The van der Waals surface area contributed by atoms with Crippen molar-refractivity contribution in [3.05, 3.63) is 59.2 Å². The number of hydrogen-bond acceptors (Lipinski definition) is 4. The van der Waals surface area contributed by atoms with Gasteiger partial charge >= 0.3 is 5.97 Å². The fourth-order valence-electron chi connectivity index (χ4n) is 3.45. The van der Waals surface area contributed by atoms with E-state index in [1.807, 2.05) is 31.2 Å². The van der Waals surface area contributed by atoms with Crippen molar-refractivity contribution in [3.63, 3.8) is 0 Å². The second-order valence-corrected chi connectivity index (χ2v) is 7.24. The summed E-state index contributed by atoms with van der Waals surface area (Å²) in [5.41, 5.74) is 3.02. The average Bonchev–Trinajstić information content (AvgIpc) is 3.21. The molecule has 1 N–H and O–H groups in total. The summed E-state index contributed by atoms with van der Waals surface area (Å²) in [6.07, 6.45) is 6.02. The first-order valence-electron chi connectivity index (χ1n) is 9.79. The highest BCUT2D eigenvalue weighted by Crippen LogP contribution is 2.25. The first-order chi connectivity index (χ1) is 13.5. The third-order valence-electron chi connectivity index (χ3n) is 5.08. The molecule has 1 saturated carbocycles. The summed E-state index contributed by atoms with van der Waals surface area (Å²) in [5, 5.41) is 2.90. The van der Waals surface area contributed by atoms with Crippen molar-refractivity contribution in [1.82, 2.24) is 0 Å². The molecule has 0 aromatic heterocycles. The summed E-state index contributed by atoms with van der Waals surface area (Å²) in [4.78, 5) is 24.1. The Balaban J connectivity index is 1.56. The highest BCUT2D eigenvalue weighted by Gasteiger charge is 2.16. The fraction of sp³-hybridized carbons (Fsp3) is 0.391. The van der Waals surface area contributed by atoms with Crippen molar-refractivity contribution < 1.29 is 19.1 Å². The minimum atomic E-state index is -0.422. The third kappa shape index (κ3) is 5.35. The smallest absolute Gasteiger partial charge is 0.337 e. The van der Waals surface area contributed by atoms with Crippen LogP contribution in [0.25, 0.3) is 0 Å². The Morgan fingerprint density at radius 2 is 1.89 bits per heavy atom. The van der Waals surface area contributed by atoms with Crippen LogP contribution in [-0.2, 0) is 16.0 Å². The number of carbonyl (C=O) groups excluding carboxylic acids is 2. The normalized spacial score (nSPS) is 13.9. The molecule has 5 nitrogen and oxygen atoms in total. The molecule has 3 rings (SSSR count). The van der Waals surface area contributed by atoms with Crippen LogP contribution >= 0.6 is 0 Å². The molecule has 1 aliphatic carbocycles. The van der Waals surface area contributed by atoms with Crippen molar-refractivity contribution >= 4 is 17.6 Å². The molecule has 1 fully saturated rings. The van der Waals surface area contributed by atoms with Crippen molar-refractivity contribution in [2.75, 3.05) is 12.4 Å².